The first-order chi connectivity index (χ1) is 10.1. The van der Waals surface area contributed by atoms with Crippen LogP contribution in [0.2, 0.25) is 5.02 Å². The van der Waals surface area contributed by atoms with Crippen LogP contribution >= 0.6 is 23.4 Å². The molecular weight excluding hydrogens is 310 g/mol. The molecule has 8 heteroatoms. The van der Waals surface area contributed by atoms with Crippen molar-refractivity contribution in [1.82, 2.24) is 25.0 Å². The van der Waals surface area contributed by atoms with Crippen molar-refractivity contribution in [3.05, 3.63) is 41.0 Å². The van der Waals surface area contributed by atoms with E-state index in [-0.39, 0.29) is 0 Å². The Hall–Kier alpha value is -1.86. The van der Waals surface area contributed by atoms with Gasteiger partial charge in [0, 0.05) is 7.05 Å². The topological polar surface area (TPSA) is 69.6 Å². The first kappa shape index (κ1) is 14.1. The Labute approximate surface area is 130 Å². The van der Waals surface area contributed by atoms with Crippen LogP contribution in [0.1, 0.15) is 11.7 Å². The summed E-state index contributed by atoms with van der Waals surface area (Å²) < 4.78 is 7.55. The molecule has 0 bridgehead atoms. The second-order valence-corrected chi connectivity index (χ2v) is 5.71. The Bertz CT molecular complexity index is 770. The molecule has 0 aliphatic heterocycles. The quantitative estimate of drug-likeness (QED) is 0.688. The summed E-state index contributed by atoms with van der Waals surface area (Å²) in [6, 6.07) is 7.37. The smallest absolute Gasteiger partial charge is 0.249 e. The summed E-state index contributed by atoms with van der Waals surface area (Å²) >= 11 is 7.60. The lowest BCUT2D eigenvalue weighted by molar-refractivity contribution is 0.528. The third kappa shape index (κ3) is 2.93. The number of rotatable bonds is 4. The third-order valence-electron chi connectivity index (χ3n) is 2.95. The lowest BCUT2D eigenvalue weighted by atomic mass is 10.2. The van der Waals surface area contributed by atoms with Crippen LogP contribution in [0.3, 0.4) is 0 Å². The Morgan fingerprint density at radius 3 is 2.71 bits per heavy atom. The van der Waals surface area contributed by atoms with Crippen molar-refractivity contribution in [1.29, 1.82) is 0 Å². The number of aryl methyl sites for hydroxylation is 1. The van der Waals surface area contributed by atoms with Crippen molar-refractivity contribution in [3.8, 4) is 11.5 Å². The van der Waals surface area contributed by atoms with E-state index in [0.29, 0.717) is 22.6 Å². The minimum atomic E-state index is 0.422. The fourth-order valence-electron chi connectivity index (χ4n) is 1.70. The molecule has 2 heterocycles. The van der Waals surface area contributed by atoms with Crippen LogP contribution in [0.15, 0.2) is 33.8 Å². The van der Waals surface area contributed by atoms with Crippen LogP contribution in [-0.4, -0.2) is 25.0 Å². The highest BCUT2D eigenvalue weighted by Gasteiger charge is 2.13. The molecule has 1 aromatic carbocycles. The van der Waals surface area contributed by atoms with Crippen molar-refractivity contribution < 1.29 is 4.42 Å². The molecule has 21 heavy (non-hydrogen) atoms. The number of hydrogen-bond acceptors (Lipinski definition) is 6. The maximum Gasteiger partial charge on any atom is 0.249 e. The molecule has 0 saturated heterocycles. The highest BCUT2D eigenvalue weighted by Crippen LogP contribution is 2.27. The van der Waals surface area contributed by atoms with E-state index in [2.05, 4.69) is 20.4 Å². The highest BCUT2D eigenvalue weighted by molar-refractivity contribution is 7.98. The fraction of sp³-hybridized carbons (Fsp3) is 0.231. The van der Waals surface area contributed by atoms with Gasteiger partial charge < -0.3 is 8.98 Å². The number of halogens is 1. The second kappa shape index (κ2) is 5.87. The molecule has 0 amide bonds. The molecule has 0 unspecified atom stereocenters. The van der Waals surface area contributed by atoms with Gasteiger partial charge in [-0.2, -0.15) is 0 Å². The number of thioether (sulfide) groups is 1. The molecule has 0 N–H and O–H groups in total. The van der Waals surface area contributed by atoms with E-state index in [1.807, 2.05) is 36.7 Å². The zero-order valence-electron chi connectivity index (χ0n) is 11.4. The van der Waals surface area contributed by atoms with Gasteiger partial charge in [-0.15, -0.1) is 20.4 Å². The summed E-state index contributed by atoms with van der Waals surface area (Å²) in [5, 5.41) is 17.5. The van der Waals surface area contributed by atoms with Crippen LogP contribution in [0.5, 0.6) is 0 Å². The number of nitrogens with zero attached hydrogens (tertiary/aromatic N) is 5. The average Bonchev–Trinajstić information content (AvgIpc) is 3.06. The molecule has 6 nitrogen and oxygen atoms in total. The molecule has 0 radical (unpaired) electrons. The highest BCUT2D eigenvalue weighted by atomic mass is 35.5. The minimum absolute atomic E-state index is 0.422. The molecule has 0 saturated carbocycles. The molecule has 108 valence electrons. The Morgan fingerprint density at radius 2 is 2.00 bits per heavy atom. The molecule has 0 aliphatic rings. The maximum absolute atomic E-state index is 6.11. The molecule has 0 spiro atoms. The second-order valence-electron chi connectivity index (χ2n) is 4.36. The SMILES string of the molecule is Cc1nnc(SCc2nnc(-c3ccccc3Cl)o2)n1C. The molecule has 0 atom stereocenters. The average molecular weight is 322 g/mol. The summed E-state index contributed by atoms with van der Waals surface area (Å²) in [6.45, 7) is 1.90. The van der Waals surface area contributed by atoms with Crippen LogP contribution in [0.25, 0.3) is 11.5 Å². The summed E-state index contributed by atoms with van der Waals surface area (Å²) in [7, 11) is 1.92. The summed E-state index contributed by atoms with van der Waals surface area (Å²) in [6.07, 6.45) is 0. The van der Waals surface area contributed by atoms with E-state index in [0.717, 1.165) is 16.5 Å². The number of benzene rings is 1. The molecule has 0 fully saturated rings. The fourth-order valence-corrected chi connectivity index (χ4v) is 2.71. The minimum Gasteiger partial charge on any atom is -0.420 e. The summed E-state index contributed by atoms with van der Waals surface area (Å²) in [4.78, 5) is 0. The van der Waals surface area contributed by atoms with E-state index in [1.165, 1.54) is 11.8 Å². The lowest BCUT2D eigenvalue weighted by Gasteiger charge is -1.99. The molecule has 3 rings (SSSR count). The summed E-state index contributed by atoms with van der Waals surface area (Å²) in [5.41, 5.74) is 0.734. The zero-order chi connectivity index (χ0) is 14.8. The van der Waals surface area contributed by atoms with Gasteiger partial charge in [0.15, 0.2) is 5.16 Å². The van der Waals surface area contributed by atoms with Gasteiger partial charge in [0.25, 0.3) is 0 Å². The van der Waals surface area contributed by atoms with Crippen molar-refractivity contribution in [2.24, 2.45) is 7.05 Å². The van der Waals surface area contributed by atoms with Gasteiger partial charge in [-0.25, -0.2) is 0 Å². The number of aromatic nitrogens is 5. The van der Waals surface area contributed by atoms with Gasteiger partial charge >= 0.3 is 0 Å². The predicted octanol–water partition coefficient (Wildman–Crippen LogP) is 3.12. The molecule has 0 aliphatic carbocycles. The Balaban J connectivity index is 1.74. The van der Waals surface area contributed by atoms with Gasteiger partial charge in [0.2, 0.25) is 11.8 Å². The van der Waals surface area contributed by atoms with Gasteiger partial charge in [-0.1, -0.05) is 35.5 Å². The largest absolute Gasteiger partial charge is 0.420 e. The van der Waals surface area contributed by atoms with E-state index < -0.39 is 0 Å². The van der Waals surface area contributed by atoms with Crippen LogP contribution in [-0.2, 0) is 12.8 Å². The van der Waals surface area contributed by atoms with Gasteiger partial charge in [0.05, 0.1) is 16.3 Å². The van der Waals surface area contributed by atoms with E-state index in [4.69, 9.17) is 16.0 Å². The van der Waals surface area contributed by atoms with E-state index in [1.54, 1.807) is 6.07 Å². The molecule has 3 aromatic rings. The first-order valence-corrected chi connectivity index (χ1v) is 7.57. The van der Waals surface area contributed by atoms with Crippen molar-refractivity contribution in [2.45, 2.75) is 17.8 Å². The van der Waals surface area contributed by atoms with Gasteiger partial charge in [0.1, 0.15) is 5.82 Å². The van der Waals surface area contributed by atoms with E-state index >= 15 is 0 Å². The first-order valence-electron chi connectivity index (χ1n) is 6.21. The van der Waals surface area contributed by atoms with Crippen LogP contribution < -0.4 is 0 Å². The Kier molecular flexibility index (Phi) is 3.94. The zero-order valence-corrected chi connectivity index (χ0v) is 13.0. The monoisotopic (exact) mass is 321 g/mol. The predicted molar refractivity (Wildman–Crippen MR) is 80.0 cm³/mol. The normalized spacial score (nSPS) is 11.0. The summed E-state index contributed by atoms with van der Waals surface area (Å²) in [5.74, 6) is 2.34. The molecule has 2 aromatic heterocycles. The third-order valence-corrected chi connectivity index (χ3v) is 4.28. The van der Waals surface area contributed by atoms with Crippen molar-refractivity contribution in [3.63, 3.8) is 0 Å². The Morgan fingerprint density at radius 1 is 1.19 bits per heavy atom. The van der Waals surface area contributed by atoms with Crippen molar-refractivity contribution in [2.75, 3.05) is 0 Å². The van der Waals surface area contributed by atoms with Gasteiger partial charge in [-0.3, -0.25) is 0 Å². The maximum atomic E-state index is 6.11. The van der Waals surface area contributed by atoms with Crippen LogP contribution in [0.4, 0.5) is 0 Å². The van der Waals surface area contributed by atoms with E-state index in [9.17, 15) is 0 Å². The molecular formula is C13H12ClN5OS. The standard InChI is InChI=1S/C13H12ClN5OS/c1-8-15-18-13(19(8)2)21-7-11-16-17-12(20-11)9-5-3-4-6-10(9)14/h3-6H,7H2,1-2H3. The van der Waals surface area contributed by atoms with Gasteiger partial charge in [-0.05, 0) is 19.1 Å². The van der Waals surface area contributed by atoms with Crippen LogP contribution in [0, 0.1) is 6.92 Å². The van der Waals surface area contributed by atoms with Crippen molar-refractivity contribution >= 4 is 23.4 Å². The lowest BCUT2D eigenvalue weighted by Crippen LogP contribution is -1.93. The number of hydrogen-bond donors (Lipinski definition) is 0.